The fourth-order valence-corrected chi connectivity index (χ4v) is 4.33. The van der Waals surface area contributed by atoms with Gasteiger partial charge in [0.15, 0.2) is 5.67 Å². The van der Waals surface area contributed by atoms with Gasteiger partial charge in [0.1, 0.15) is 5.84 Å². The number of alkyl halides is 7. The van der Waals surface area contributed by atoms with Crippen LogP contribution in [0.25, 0.3) is 0 Å². The fourth-order valence-electron chi connectivity index (χ4n) is 4.33. The van der Waals surface area contributed by atoms with E-state index in [0.29, 0.717) is 18.0 Å². The highest BCUT2D eigenvalue weighted by Gasteiger charge is 2.62. The van der Waals surface area contributed by atoms with Crippen LogP contribution in [0.4, 0.5) is 30.7 Å². The Morgan fingerprint density at radius 3 is 2.38 bits per heavy atom. The van der Waals surface area contributed by atoms with Gasteiger partial charge in [0, 0.05) is 23.2 Å². The first-order chi connectivity index (χ1) is 17.2. The number of hydrogen-bond acceptors (Lipinski definition) is 5. The molecule has 2 aromatic rings. The van der Waals surface area contributed by atoms with Crippen LogP contribution in [-0.4, -0.2) is 40.7 Å². The summed E-state index contributed by atoms with van der Waals surface area (Å²) in [5.41, 5.74) is -7.02. The van der Waals surface area contributed by atoms with Crippen LogP contribution < -0.4 is 0 Å². The molecular formula is C24H20F7N5O. The van der Waals surface area contributed by atoms with E-state index >= 15 is 4.39 Å². The van der Waals surface area contributed by atoms with Crippen LogP contribution in [0, 0.1) is 17.4 Å². The SMILES string of the molecule is CC(C)/C(=N\C#N)N1CC(F)(c2ccc(C3=NOC(c4cccc(C(F)(F)F)c4)(C(F)(F)F)C3)cn2)C1. The number of rotatable bonds is 4. The summed E-state index contributed by atoms with van der Waals surface area (Å²) in [5, 5.41) is 12.4. The number of oxime groups is 1. The summed E-state index contributed by atoms with van der Waals surface area (Å²) >= 11 is 0. The van der Waals surface area contributed by atoms with Crippen LogP contribution in [0.3, 0.4) is 0 Å². The minimum absolute atomic E-state index is 0.0343. The van der Waals surface area contributed by atoms with Crippen LogP contribution in [0.2, 0.25) is 0 Å². The number of benzene rings is 1. The molecule has 1 atom stereocenters. The summed E-state index contributed by atoms with van der Waals surface area (Å²) in [6, 6.07) is 5.47. The Kier molecular flexibility index (Phi) is 6.42. The van der Waals surface area contributed by atoms with Crippen LogP contribution in [0.5, 0.6) is 0 Å². The summed E-state index contributed by atoms with van der Waals surface area (Å²) in [7, 11) is 0. The predicted molar refractivity (Wildman–Crippen MR) is 118 cm³/mol. The highest BCUT2D eigenvalue weighted by atomic mass is 19.4. The van der Waals surface area contributed by atoms with Gasteiger partial charge in [0.2, 0.25) is 6.19 Å². The lowest BCUT2D eigenvalue weighted by molar-refractivity contribution is -0.276. The summed E-state index contributed by atoms with van der Waals surface area (Å²) in [5.74, 6) is 0.327. The molecule has 0 amide bonds. The van der Waals surface area contributed by atoms with Gasteiger partial charge in [-0.25, -0.2) is 4.39 Å². The minimum atomic E-state index is -5.09. The summed E-state index contributed by atoms with van der Waals surface area (Å²) < 4.78 is 97.1. The van der Waals surface area contributed by atoms with E-state index in [1.54, 1.807) is 11.1 Å². The molecular weight excluding hydrogens is 507 g/mol. The van der Waals surface area contributed by atoms with Crippen molar-refractivity contribution in [2.75, 3.05) is 13.1 Å². The van der Waals surface area contributed by atoms with Crippen molar-refractivity contribution in [1.82, 2.24) is 9.88 Å². The molecule has 37 heavy (non-hydrogen) atoms. The lowest BCUT2D eigenvalue weighted by Gasteiger charge is -2.46. The number of likely N-dealkylation sites (tertiary alicyclic amines) is 1. The second-order valence-corrected chi connectivity index (χ2v) is 9.19. The number of aromatic nitrogens is 1. The number of nitriles is 1. The molecule has 2 aliphatic heterocycles. The van der Waals surface area contributed by atoms with Crippen molar-refractivity contribution in [3.05, 3.63) is 65.0 Å². The zero-order chi connectivity index (χ0) is 27.2. The lowest BCUT2D eigenvalue weighted by Crippen LogP contribution is -2.60. The van der Waals surface area contributed by atoms with E-state index in [9.17, 15) is 26.3 Å². The molecule has 6 nitrogen and oxygen atoms in total. The third-order valence-corrected chi connectivity index (χ3v) is 6.29. The quantitative estimate of drug-likeness (QED) is 0.221. The van der Waals surface area contributed by atoms with Crippen molar-refractivity contribution in [2.24, 2.45) is 16.1 Å². The first-order valence-corrected chi connectivity index (χ1v) is 11.1. The first kappa shape index (κ1) is 26.4. The van der Waals surface area contributed by atoms with E-state index in [-0.39, 0.29) is 36.0 Å². The molecule has 13 heteroatoms. The molecule has 1 aromatic heterocycles. The largest absolute Gasteiger partial charge is 0.435 e. The second-order valence-electron chi connectivity index (χ2n) is 9.19. The predicted octanol–water partition coefficient (Wildman–Crippen LogP) is 5.70. The molecule has 0 N–H and O–H groups in total. The average Bonchev–Trinajstić information content (AvgIpc) is 3.27. The third kappa shape index (κ3) is 4.72. The number of nitrogens with zero attached hydrogens (tertiary/aromatic N) is 5. The fraction of sp³-hybridized carbons (Fsp3) is 0.417. The van der Waals surface area contributed by atoms with E-state index in [1.165, 1.54) is 12.1 Å². The Morgan fingerprint density at radius 1 is 1.14 bits per heavy atom. The molecule has 0 aliphatic carbocycles. The van der Waals surface area contributed by atoms with Gasteiger partial charge >= 0.3 is 12.4 Å². The Hall–Kier alpha value is -3.69. The number of aliphatic imine (C=N–C) groups is 1. The molecule has 2 aliphatic rings. The van der Waals surface area contributed by atoms with Crippen molar-refractivity contribution >= 4 is 11.5 Å². The number of amidine groups is 1. The van der Waals surface area contributed by atoms with Gasteiger partial charge in [-0.2, -0.15) is 36.6 Å². The Morgan fingerprint density at radius 2 is 1.84 bits per heavy atom. The Balaban J connectivity index is 1.55. The van der Waals surface area contributed by atoms with Crippen LogP contribution in [-0.2, 0) is 22.3 Å². The molecule has 196 valence electrons. The van der Waals surface area contributed by atoms with Crippen LogP contribution >= 0.6 is 0 Å². The maximum Gasteiger partial charge on any atom is 0.435 e. The minimum Gasteiger partial charge on any atom is -0.374 e. The molecule has 1 saturated heterocycles. The van der Waals surface area contributed by atoms with Gasteiger partial charge in [-0.05, 0) is 24.3 Å². The average molecular weight is 527 g/mol. The van der Waals surface area contributed by atoms with E-state index < -0.39 is 41.2 Å². The Bertz CT molecular complexity index is 1270. The van der Waals surface area contributed by atoms with Crippen LogP contribution in [0.1, 0.15) is 42.7 Å². The number of pyridine rings is 1. The maximum absolute atomic E-state index is 15.4. The molecule has 1 fully saturated rings. The zero-order valence-corrected chi connectivity index (χ0v) is 19.5. The molecule has 0 spiro atoms. The van der Waals surface area contributed by atoms with Crippen molar-refractivity contribution in [1.29, 1.82) is 5.26 Å². The van der Waals surface area contributed by atoms with E-state index in [1.807, 2.05) is 13.8 Å². The summed E-state index contributed by atoms with van der Waals surface area (Å²) in [4.78, 5) is 14.2. The molecule has 4 rings (SSSR count). The van der Waals surface area contributed by atoms with Gasteiger partial charge in [-0.1, -0.05) is 31.1 Å². The smallest absolute Gasteiger partial charge is 0.374 e. The molecule has 3 heterocycles. The molecule has 0 radical (unpaired) electrons. The van der Waals surface area contributed by atoms with Crippen LogP contribution in [0.15, 0.2) is 52.7 Å². The van der Waals surface area contributed by atoms with Crippen molar-refractivity contribution in [2.45, 2.75) is 43.9 Å². The molecule has 1 aromatic carbocycles. The highest BCUT2D eigenvalue weighted by molar-refractivity contribution is 6.01. The van der Waals surface area contributed by atoms with E-state index in [4.69, 9.17) is 10.1 Å². The zero-order valence-electron chi connectivity index (χ0n) is 19.5. The Labute approximate surface area is 207 Å². The van der Waals surface area contributed by atoms with E-state index in [0.717, 1.165) is 18.3 Å². The van der Waals surface area contributed by atoms with Crippen molar-refractivity contribution in [3.8, 4) is 6.19 Å². The standard InChI is InChI=1S/C24H20F7N5O/c1-14(2)20(34-13-32)36-11-21(25,12-36)19-7-6-15(10-33-19)18-9-22(37-35-18,24(29,30)31)16-4-3-5-17(8-16)23(26,27)28/h3-8,10,14H,9,11-12H2,1-2H3/b34-20+. The van der Waals surface area contributed by atoms with Gasteiger partial charge in [-0.15, -0.1) is 0 Å². The highest BCUT2D eigenvalue weighted by Crippen LogP contribution is 2.49. The number of halogens is 7. The first-order valence-electron chi connectivity index (χ1n) is 11.1. The molecule has 1 unspecified atom stereocenters. The van der Waals surface area contributed by atoms with E-state index in [2.05, 4.69) is 15.1 Å². The van der Waals surface area contributed by atoms with Gasteiger partial charge in [0.25, 0.3) is 5.60 Å². The van der Waals surface area contributed by atoms with Crippen molar-refractivity contribution < 1.29 is 35.6 Å². The maximum atomic E-state index is 15.4. The molecule has 0 bridgehead atoms. The summed E-state index contributed by atoms with van der Waals surface area (Å²) in [6.45, 7) is 3.42. The van der Waals surface area contributed by atoms with Crippen molar-refractivity contribution in [3.63, 3.8) is 0 Å². The summed E-state index contributed by atoms with van der Waals surface area (Å²) in [6.07, 6.45) is -7.99. The normalized spacial score (nSPS) is 21.8. The topological polar surface area (TPSA) is 73.9 Å². The lowest BCUT2D eigenvalue weighted by atomic mass is 9.85. The van der Waals surface area contributed by atoms with Gasteiger partial charge in [-0.3, -0.25) is 4.98 Å². The molecule has 0 saturated carbocycles. The number of hydrogen-bond donors (Lipinski definition) is 0. The monoisotopic (exact) mass is 527 g/mol. The van der Waals surface area contributed by atoms with Gasteiger partial charge < -0.3 is 9.74 Å². The van der Waals surface area contributed by atoms with Gasteiger partial charge in [0.05, 0.1) is 36.5 Å². The second kappa shape index (κ2) is 9.00. The third-order valence-electron chi connectivity index (χ3n) is 6.29.